The highest BCUT2D eigenvalue weighted by molar-refractivity contribution is 5.62. The first kappa shape index (κ1) is 10.3. The maximum atomic E-state index is 4.37. The van der Waals surface area contributed by atoms with Gasteiger partial charge in [-0.25, -0.2) is 5.32 Å². The highest BCUT2D eigenvalue weighted by Gasteiger charge is 2.15. The van der Waals surface area contributed by atoms with Gasteiger partial charge in [-0.15, -0.1) is 4.80 Å². The number of hydrogen-bond acceptors (Lipinski definition) is 3. The minimum absolute atomic E-state index is 0.904. The molecule has 1 fully saturated rings. The van der Waals surface area contributed by atoms with E-state index in [-0.39, 0.29) is 0 Å². The zero-order valence-electron chi connectivity index (χ0n) is 9.53. The molecule has 2 heterocycles. The minimum atomic E-state index is 0.904. The summed E-state index contributed by atoms with van der Waals surface area (Å²) >= 11 is 0. The van der Waals surface area contributed by atoms with E-state index in [0.717, 1.165) is 31.9 Å². The molecule has 1 aromatic carbocycles. The maximum absolute atomic E-state index is 4.37. The zero-order valence-corrected chi connectivity index (χ0v) is 9.53. The first-order valence-electron chi connectivity index (χ1n) is 5.79. The fourth-order valence-corrected chi connectivity index (χ4v) is 2.09. The molecule has 0 atom stereocenters. The van der Waals surface area contributed by atoms with Crippen LogP contribution in [0.2, 0.25) is 0 Å². The Morgan fingerprint density at radius 2 is 1.53 bits per heavy atom. The van der Waals surface area contributed by atoms with Crippen LogP contribution in [-0.2, 0) is 0 Å². The van der Waals surface area contributed by atoms with E-state index in [4.69, 9.17) is 0 Å². The lowest BCUT2D eigenvalue weighted by atomic mass is 10.2. The van der Waals surface area contributed by atoms with Gasteiger partial charge >= 0.3 is 0 Å². The van der Waals surface area contributed by atoms with Crippen molar-refractivity contribution in [2.24, 2.45) is 0 Å². The predicted molar refractivity (Wildman–Crippen MR) is 65.4 cm³/mol. The number of aromatic nitrogens is 3. The quantitative estimate of drug-likeness (QED) is 0.760. The molecule has 1 aliphatic rings. The number of rotatable bonds is 2. The Morgan fingerprint density at radius 1 is 0.882 bits per heavy atom. The molecular weight excluding hydrogens is 214 g/mol. The molecule has 0 amide bonds. The summed E-state index contributed by atoms with van der Waals surface area (Å²) < 4.78 is 0. The second-order valence-corrected chi connectivity index (χ2v) is 3.97. The van der Waals surface area contributed by atoms with Crippen LogP contribution in [0.1, 0.15) is 0 Å². The fourth-order valence-electron chi connectivity index (χ4n) is 2.09. The summed E-state index contributed by atoms with van der Waals surface area (Å²) in [5.41, 5.74) is 2.21. The standard InChI is InChI=1S/C12H14N5/c1-2-4-12(17-14-5-6-15-17)11(3-1)16-9-7-13-8-10-16/h1-6H,7-10H2. The van der Waals surface area contributed by atoms with Crippen LogP contribution in [-0.4, -0.2) is 41.2 Å². The number of piperazine rings is 1. The van der Waals surface area contributed by atoms with E-state index in [1.807, 2.05) is 18.2 Å². The molecule has 0 aliphatic carbocycles. The normalized spacial score (nSPS) is 16.1. The molecule has 0 unspecified atom stereocenters. The third kappa shape index (κ3) is 2.01. The molecular formula is C12H14N5. The van der Waals surface area contributed by atoms with Crippen LogP contribution in [0.15, 0.2) is 36.7 Å². The first-order valence-corrected chi connectivity index (χ1v) is 5.79. The highest BCUT2D eigenvalue weighted by atomic mass is 15.5. The predicted octanol–water partition coefficient (Wildman–Crippen LogP) is 0.692. The summed E-state index contributed by atoms with van der Waals surface area (Å²) in [6.45, 7) is 3.75. The Hall–Kier alpha value is -1.88. The van der Waals surface area contributed by atoms with Gasteiger partial charge < -0.3 is 4.90 Å². The molecule has 1 radical (unpaired) electrons. The molecule has 3 rings (SSSR count). The van der Waals surface area contributed by atoms with Gasteiger partial charge in [-0.2, -0.15) is 10.2 Å². The van der Waals surface area contributed by atoms with Crippen molar-refractivity contribution in [2.75, 3.05) is 31.1 Å². The van der Waals surface area contributed by atoms with Crippen molar-refractivity contribution in [3.63, 3.8) is 0 Å². The third-order valence-electron chi connectivity index (χ3n) is 2.91. The molecule has 0 saturated carbocycles. The average Bonchev–Trinajstić information content (AvgIpc) is 2.94. The van der Waals surface area contributed by atoms with Crippen LogP contribution in [0.25, 0.3) is 5.69 Å². The Kier molecular flexibility index (Phi) is 2.75. The molecule has 1 aliphatic heterocycles. The average molecular weight is 228 g/mol. The first-order chi connectivity index (χ1) is 8.45. The van der Waals surface area contributed by atoms with Gasteiger partial charge in [0.15, 0.2) is 0 Å². The van der Waals surface area contributed by atoms with Crippen LogP contribution in [0, 0.1) is 0 Å². The summed E-state index contributed by atoms with van der Waals surface area (Å²) in [7, 11) is 0. The summed E-state index contributed by atoms with van der Waals surface area (Å²) in [5, 5.41) is 12.8. The van der Waals surface area contributed by atoms with E-state index in [0.29, 0.717) is 0 Å². The van der Waals surface area contributed by atoms with E-state index in [1.165, 1.54) is 5.69 Å². The van der Waals surface area contributed by atoms with E-state index < -0.39 is 0 Å². The molecule has 1 aromatic heterocycles. The molecule has 0 bridgehead atoms. The number of nitrogens with zero attached hydrogens (tertiary/aromatic N) is 5. The van der Waals surface area contributed by atoms with Crippen molar-refractivity contribution in [3.8, 4) is 5.69 Å². The summed E-state index contributed by atoms with van der Waals surface area (Å²) in [4.78, 5) is 4.01. The highest BCUT2D eigenvalue weighted by Crippen LogP contribution is 2.23. The van der Waals surface area contributed by atoms with Crippen molar-refractivity contribution in [1.82, 2.24) is 20.3 Å². The third-order valence-corrected chi connectivity index (χ3v) is 2.91. The van der Waals surface area contributed by atoms with Gasteiger partial charge in [0.2, 0.25) is 0 Å². The van der Waals surface area contributed by atoms with Crippen LogP contribution < -0.4 is 10.2 Å². The Morgan fingerprint density at radius 3 is 2.24 bits per heavy atom. The van der Waals surface area contributed by atoms with E-state index in [9.17, 15) is 0 Å². The van der Waals surface area contributed by atoms with Gasteiger partial charge in [0.05, 0.1) is 18.1 Å². The van der Waals surface area contributed by atoms with Gasteiger partial charge in [0, 0.05) is 26.2 Å². The van der Waals surface area contributed by atoms with Crippen molar-refractivity contribution in [2.45, 2.75) is 0 Å². The molecule has 17 heavy (non-hydrogen) atoms. The van der Waals surface area contributed by atoms with Crippen LogP contribution in [0.3, 0.4) is 0 Å². The number of para-hydroxylation sites is 2. The van der Waals surface area contributed by atoms with Gasteiger partial charge in [-0.3, -0.25) is 0 Å². The van der Waals surface area contributed by atoms with Gasteiger partial charge in [0.1, 0.15) is 5.69 Å². The SMILES string of the molecule is c1ccc(-n2nccn2)c(N2CC[N]CC2)c1. The van der Waals surface area contributed by atoms with Crippen LogP contribution in [0.4, 0.5) is 5.69 Å². The second-order valence-electron chi connectivity index (χ2n) is 3.97. The number of anilines is 1. The van der Waals surface area contributed by atoms with E-state index >= 15 is 0 Å². The van der Waals surface area contributed by atoms with Crippen LogP contribution >= 0.6 is 0 Å². The van der Waals surface area contributed by atoms with Gasteiger partial charge in [-0.05, 0) is 12.1 Å². The minimum Gasteiger partial charge on any atom is -0.367 e. The summed E-state index contributed by atoms with van der Waals surface area (Å²) in [6, 6.07) is 8.22. The second kappa shape index (κ2) is 4.55. The lowest BCUT2D eigenvalue weighted by Gasteiger charge is -2.29. The molecule has 0 N–H and O–H groups in total. The Balaban J connectivity index is 1.98. The monoisotopic (exact) mass is 228 g/mol. The largest absolute Gasteiger partial charge is 0.367 e. The molecule has 2 aromatic rings. The van der Waals surface area contributed by atoms with E-state index in [1.54, 1.807) is 17.2 Å². The molecule has 0 spiro atoms. The number of hydrogen-bond donors (Lipinski definition) is 0. The summed E-state index contributed by atoms with van der Waals surface area (Å²) in [5.74, 6) is 0. The maximum Gasteiger partial charge on any atom is 0.109 e. The Labute approximate surface area is 100 Å². The summed E-state index contributed by atoms with van der Waals surface area (Å²) in [6.07, 6.45) is 3.39. The smallest absolute Gasteiger partial charge is 0.109 e. The number of benzene rings is 1. The zero-order chi connectivity index (χ0) is 11.5. The van der Waals surface area contributed by atoms with Crippen molar-refractivity contribution in [3.05, 3.63) is 36.7 Å². The van der Waals surface area contributed by atoms with Crippen molar-refractivity contribution >= 4 is 5.69 Å². The van der Waals surface area contributed by atoms with E-state index in [2.05, 4.69) is 26.5 Å². The fraction of sp³-hybridized carbons (Fsp3) is 0.333. The lowest BCUT2D eigenvalue weighted by Crippen LogP contribution is -2.40. The molecule has 5 nitrogen and oxygen atoms in total. The molecule has 5 heteroatoms. The van der Waals surface area contributed by atoms with Gasteiger partial charge in [0.25, 0.3) is 0 Å². The van der Waals surface area contributed by atoms with Crippen LogP contribution in [0.5, 0.6) is 0 Å². The van der Waals surface area contributed by atoms with Crippen molar-refractivity contribution < 1.29 is 0 Å². The Bertz CT molecular complexity index is 473. The van der Waals surface area contributed by atoms with Crippen molar-refractivity contribution in [1.29, 1.82) is 0 Å². The lowest BCUT2D eigenvalue weighted by molar-refractivity contribution is 0.576. The van der Waals surface area contributed by atoms with Gasteiger partial charge in [-0.1, -0.05) is 12.1 Å². The molecule has 1 saturated heterocycles. The topological polar surface area (TPSA) is 48.1 Å². The molecule has 87 valence electrons.